The first-order valence-electron chi connectivity index (χ1n) is 5.80. The summed E-state index contributed by atoms with van der Waals surface area (Å²) in [6.07, 6.45) is 0.232. The van der Waals surface area contributed by atoms with Gasteiger partial charge in [-0.1, -0.05) is 32.0 Å². The van der Waals surface area contributed by atoms with Crippen LogP contribution in [-0.2, 0) is 43.9 Å². The molecule has 0 aliphatic carbocycles. The van der Waals surface area contributed by atoms with Crippen molar-refractivity contribution < 1.29 is 42.2 Å². The van der Waals surface area contributed by atoms with Gasteiger partial charge in [0.15, 0.2) is 0 Å². The molecule has 0 spiro atoms. The van der Waals surface area contributed by atoms with Gasteiger partial charge in [-0.3, -0.25) is 4.79 Å². The van der Waals surface area contributed by atoms with E-state index in [1.807, 2.05) is 45.0 Å². The fourth-order valence-corrected chi connectivity index (χ4v) is 1.13. The molecular formula is C13H24N2O2Y. The van der Waals surface area contributed by atoms with E-state index in [9.17, 15) is 4.79 Å². The second kappa shape index (κ2) is 16.6. The monoisotopic (exact) mass is 329 g/mol. The summed E-state index contributed by atoms with van der Waals surface area (Å²) in [4.78, 5) is 10.7. The molecule has 1 amide bonds. The van der Waals surface area contributed by atoms with Gasteiger partial charge in [0.05, 0.1) is 13.0 Å². The van der Waals surface area contributed by atoms with E-state index < -0.39 is 0 Å². The van der Waals surface area contributed by atoms with Crippen LogP contribution in [0.3, 0.4) is 0 Å². The Labute approximate surface area is 135 Å². The van der Waals surface area contributed by atoms with Gasteiger partial charge in [-0.2, -0.15) is 0 Å². The maximum Gasteiger partial charge on any atom is 0.221 e. The van der Waals surface area contributed by atoms with Crippen molar-refractivity contribution in [3.63, 3.8) is 0 Å². The molecule has 0 saturated carbocycles. The van der Waals surface area contributed by atoms with Gasteiger partial charge in [-0.15, -0.1) is 0 Å². The number of ether oxygens (including phenoxy) is 1. The van der Waals surface area contributed by atoms with Gasteiger partial charge in [0, 0.05) is 38.3 Å². The molecule has 0 aliphatic rings. The zero-order valence-corrected chi connectivity index (χ0v) is 14.6. The molecule has 1 aromatic rings. The largest absolute Gasteiger partial charge is 0.494 e. The number of primary amides is 1. The molecule has 0 fully saturated rings. The first kappa shape index (κ1) is 22.7. The molecule has 5 heteroatoms. The van der Waals surface area contributed by atoms with E-state index in [0.29, 0.717) is 6.61 Å². The number of para-hydroxylation sites is 1. The fourth-order valence-electron chi connectivity index (χ4n) is 1.13. The Kier molecular flexibility index (Phi) is 20.9. The molecule has 18 heavy (non-hydrogen) atoms. The Morgan fingerprint density at radius 1 is 1.22 bits per heavy atom. The van der Waals surface area contributed by atoms with Gasteiger partial charge in [-0.05, 0) is 20.0 Å². The summed E-state index contributed by atoms with van der Waals surface area (Å²) in [6, 6.07) is 7.41. The summed E-state index contributed by atoms with van der Waals surface area (Å²) in [5.41, 5.74) is 10.4. The van der Waals surface area contributed by atoms with Crippen molar-refractivity contribution in [3.05, 3.63) is 29.8 Å². The first-order valence-corrected chi connectivity index (χ1v) is 5.80. The van der Waals surface area contributed by atoms with Gasteiger partial charge in [0.2, 0.25) is 5.91 Å². The van der Waals surface area contributed by atoms with E-state index in [1.165, 1.54) is 7.05 Å². The first-order chi connectivity index (χ1) is 8.24. The Morgan fingerprint density at radius 3 is 2.17 bits per heavy atom. The molecule has 0 bridgehead atoms. The van der Waals surface area contributed by atoms with E-state index in [4.69, 9.17) is 10.5 Å². The van der Waals surface area contributed by atoms with E-state index in [2.05, 4.69) is 5.73 Å². The molecule has 0 aromatic heterocycles. The van der Waals surface area contributed by atoms with Crippen LogP contribution >= 0.6 is 0 Å². The number of hydrogen-bond acceptors (Lipinski definition) is 3. The predicted octanol–water partition coefficient (Wildman–Crippen LogP) is 1.71. The Balaban J connectivity index is -0.000000409. The van der Waals surface area contributed by atoms with E-state index in [1.54, 1.807) is 0 Å². The van der Waals surface area contributed by atoms with Crippen LogP contribution in [0.15, 0.2) is 24.3 Å². The molecule has 0 heterocycles. The summed E-state index contributed by atoms with van der Waals surface area (Å²) in [7, 11) is 1.50. The summed E-state index contributed by atoms with van der Waals surface area (Å²) in [6.45, 7) is 6.50. The number of hydrogen-bond donors (Lipinski definition) is 2. The minimum Gasteiger partial charge on any atom is -0.494 e. The van der Waals surface area contributed by atoms with E-state index >= 15 is 0 Å². The zero-order valence-electron chi connectivity index (χ0n) is 11.8. The third-order valence-corrected chi connectivity index (χ3v) is 1.64. The van der Waals surface area contributed by atoms with Crippen molar-refractivity contribution in [1.29, 1.82) is 0 Å². The Bertz CT molecular complexity index is 307. The van der Waals surface area contributed by atoms with Gasteiger partial charge < -0.3 is 16.2 Å². The van der Waals surface area contributed by atoms with Crippen LogP contribution in [0.1, 0.15) is 26.3 Å². The molecule has 4 N–H and O–H groups in total. The average molecular weight is 329 g/mol. The van der Waals surface area contributed by atoms with Crippen LogP contribution in [0.2, 0.25) is 0 Å². The third kappa shape index (κ3) is 10.7. The second-order valence-corrected chi connectivity index (χ2v) is 2.68. The molecule has 0 aliphatic heterocycles. The number of benzene rings is 1. The molecule has 1 radical (unpaired) electrons. The van der Waals surface area contributed by atoms with Crippen LogP contribution in [0, 0.1) is 0 Å². The molecular weight excluding hydrogens is 305 g/mol. The summed E-state index contributed by atoms with van der Waals surface area (Å²) < 4.78 is 5.33. The van der Waals surface area contributed by atoms with Gasteiger partial charge >= 0.3 is 0 Å². The van der Waals surface area contributed by atoms with Crippen LogP contribution in [0.4, 0.5) is 0 Å². The molecule has 4 nitrogen and oxygen atoms in total. The van der Waals surface area contributed by atoms with Crippen LogP contribution in [0.5, 0.6) is 5.75 Å². The van der Waals surface area contributed by atoms with E-state index in [-0.39, 0.29) is 45.0 Å². The van der Waals surface area contributed by atoms with Crippen molar-refractivity contribution in [2.24, 2.45) is 11.5 Å². The summed E-state index contributed by atoms with van der Waals surface area (Å²) in [5, 5.41) is 0. The number of nitrogens with two attached hydrogens (primary N) is 2. The van der Waals surface area contributed by atoms with Crippen LogP contribution < -0.4 is 16.2 Å². The predicted molar refractivity (Wildman–Crippen MR) is 72.0 cm³/mol. The topological polar surface area (TPSA) is 78.3 Å². The number of carbonyl (C=O) groups excluding carboxylic acids is 1. The number of carbonyl (C=O) groups is 1. The number of rotatable bonds is 4. The Hall–Kier alpha value is -0.446. The standard InChI is InChI=1S/C10H13NO2.C2H6.CH5N.Y/c1-2-13-9-6-4-3-5-8(9)7-10(11)12;2*1-2;/h3-6H,2,7H2,1H3,(H2,11,12);1-2H3;2H2,1H3;. The molecule has 1 rings (SSSR count). The van der Waals surface area contributed by atoms with E-state index in [0.717, 1.165) is 11.3 Å². The molecule has 1 aromatic carbocycles. The maximum atomic E-state index is 10.7. The van der Waals surface area contributed by atoms with Crippen molar-refractivity contribution >= 4 is 5.91 Å². The molecule has 0 unspecified atom stereocenters. The van der Waals surface area contributed by atoms with Crippen molar-refractivity contribution in [1.82, 2.24) is 0 Å². The van der Waals surface area contributed by atoms with Gasteiger partial charge in [0.1, 0.15) is 5.75 Å². The van der Waals surface area contributed by atoms with Gasteiger partial charge in [-0.25, -0.2) is 0 Å². The smallest absolute Gasteiger partial charge is 0.221 e. The summed E-state index contributed by atoms with van der Waals surface area (Å²) in [5.74, 6) is 0.399. The minimum absolute atomic E-state index is 0. The third-order valence-electron chi connectivity index (χ3n) is 1.64. The normalized spacial score (nSPS) is 7.61. The average Bonchev–Trinajstić information content (AvgIpc) is 2.36. The van der Waals surface area contributed by atoms with Gasteiger partial charge in [0.25, 0.3) is 0 Å². The van der Waals surface area contributed by atoms with Crippen molar-refractivity contribution in [3.8, 4) is 5.75 Å². The number of amides is 1. The van der Waals surface area contributed by atoms with Crippen molar-refractivity contribution in [2.45, 2.75) is 27.2 Å². The van der Waals surface area contributed by atoms with Crippen LogP contribution in [0.25, 0.3) is 0 Å². The summed E-state index contributed by atoms with van der Waals surface area (Å²) >= 11 is 0. The SMILES string of the molecule is CC.CCOc1ccccc1CC(N)=O.CN.[Y]. The zero-order chi connectivity index (χ0) is 13.7. The maximum absolute atomic E-state index is 10.7. The molecule has 0 saturated heterocycles. The molecule has 0 atom stereocenters. The Morgan fingerprint density at radius 2 is 1.72 bits per heavy atom. The second-order valence-electron chi connectivity index (χ2n) is 2.68. The molecule has 101 valence electrons. The fraction of sp³-hybridized carbons (Fsp3) is 0.462. The quantitative estimate of drug-likeness (QED) is 0.883. The van der Waals surface area contributed by atoms with Crippen molar-refractivity contribution in [2.75, 3.05) is 13.7 Å². The van der Waals surface area contributed by atoms with Crippen LogP contribution in [-0.4, -0.2) is 19.6 Å². The minimum atomic E-state index is -0.341.